The van der Waals surface area contributed by atoms with Crippen molar-refractivity contribution in [3.05, 3.63) is 63.6 Å². The molecule has 2 aromatic rings. The molecule has 2 aliphatic rings. The predicted octanol–water partition coefficient (Wildman–Crippen LogP) is 3.59. The standard InChI is InChI=1S/C22H27N3O4/c1-16-13-20(16)21-7-5-19(29-21)6-8-22(26)24-11-9-23(10-12-24)15-17-3-2-4-18(14-17)25(27)28/h2-5,7,14,16,20H,6,8-13,15H2,1H3. The van der Waals surface area contributed by atoms with Crippen molar-refractivity contribution in [2.45, 2.75) is 38.6 Å². The van der Waals surface area contributed by atoms with Gasteiger partial charge in [0, 0.05) is 63.6 Å². The van der Waals surface area contributed by atoms with E-state index >= 15 is 0 Å². The van der Waals surface area contributed by atoms with Crippen molar-refractivity contribution >= 4 is 11.6 Å². The average Bonchev–Trinajstić information content (AvgIpc) is 3.26. The van der Waals surface area contributed by atoms with Crippen molar-refractivity contribution in [1.29, 1.82) is 0 Å². The van der Waals surface area contributed by atoms with Crippen molar-refractivity contribution in [1.82, 2.24) is 9.80 Å². The first-order valence-electron chi connectivity index (χ1n) is 10.3. The third kappa shape index (κ3) is 4.85. The maximum absolute atomic E-state index is 12.6. The first-order chi connectivity index (χ1) is 14.0. The summed E-state index contributed by atoms with van der Waals surface area (Å²) in [5, 5.41) is 10.9. The van der Waals surface area contributed by atoms with E-state index in [1.807, 2.05) is 17.0 Å². The van der Waals surface area contributed by atoms with E-state index in [0.29, 0.717) is 44.3 Å². The molecule has 0 spiro atoms. The first-order valence-corrected chi connectivity index (χ1v) is 10.3. The number of nitro groups is 1. The number of furan rings is 1. The topological polar surface area (TPSA) is 79.8 Å². The SMILES string of the molecule is CC1CC1c1ccc(CCC(=O)N2CCN(Cc3cccc([N+](=O)[O-])c3)CC2)o1. The van der Waals surface area contributed by atoms with Gasteiger partial charge in [-0.1, -0.05) is 19.1 Å². The number of non-ortho nitro benzene ring substituents is 1. The Morgan fingerprint density at radius 3 is 2.66 bits per heavy atom. The molecule has 2 unspecified atom stereocenters. The van der Waals surface area contributed by atoms with E-state index in [1.165, 1.54) is 12.5 Å². The monoisotopic (exact) mass is 397 g/mol. The van der Waals surface area contributed by atoms with Crippen LogP contribution >= 0.6 is 0 Å². The van der Waals surface area contributed by atoms with Crippen LogP contribution in [0.15, 0.2) is 40.8 Å². The molecule has 1 aliphatic heterocycles. The molecule has 2 heterocycles. The summed E-state index contributed by atoms with van der Waals surface area (Å²) in [6.45, 7) is 5.83. The molecule has 4 rings (SSSR count). The fourth-order valence-electron chi connectivity index (χ4n) is 4.02. The normalized spacial score (nSPS) is 21.9. The number of carbonyl (C=O) groups excluding carboxylic acids is 1. The second kappa shape index (κ2) is 8.37. The highest BCUT2D eigenvalue weighted by atomic mass is 16.6. The Morgan fingerprint density at radius 2 is 1.97 bits per heavy atom. The predicted molar refractivity (Wildman–Crippen MR) is 109 cm³/mol. The van der Waals surface area contributed by atoms with Gasteiger partial charge in [0.15, 0.2) is 0 Å². The van der Waals surface area contributed by atoms with Gasteiger partial charge < -0.3 is 9.32 Å². The second-order valence-corrected chi connectivity index (χ2v) is 8.21. The van der Waals surface area contributed by atoms with Crippen molar-refractivity contribution < 1.29 is 14.1 Å². The molecule has 0 N–H and O–H groups in total. The zero-order valence-corrected chi connectivity index (χ0v) is 16.8. The molecule has 1 aliphatic carbocycles. The number of carbonyl (C=O) groups is 1. The van der Waals surface area contributed by atoms with E-state index < -0.39 is 0 Å². The zero-order chi connectivity index (χ0) is 20.4. The Hall–Kier alpha value is -2.67. The van der Waals surface area contributed by atoms with E-state index in [0.717, 1.165) is 30.2 Å². The molecule has 2 atom stereocenters. The third-order valence-electron chi connectivity index (χ3n) is 6.00. The quantitative estimate of drug-likeness (QED) is 0.527. The Balaban J connectivity index is 1.22. The minimum atomic E-state index is -0.368. The van der Waals surface area contributed by atoms with Gasteiger partial charge in [0.2, 0.25) is 5.91 Å². The summed E-state index contributed by atoms with van der Waals surface area (Å²) in [6.07, 6.45) is 2.32. The lowest BCUT2D eigenvalue weighted by atomic mass is 10.1. The molecule has 1 saturated heterocycles. The van der Waals surface area contributed by atoms with Crippen molar-refractivity contribution in [3.63, 3.8) is 0 Å². The van der Waals surface area contributed by atoms with Gasteiger partial charge in [-0.15, -0.1) is 0 Å². The number of amides is 1. The lowest BCUT2D eigenvalue weighted by Crippen LogP contribution is -2.48. The summed E-state index contributed by atoms with van der Waals surface area (Å²) in [4.78, 5) is 27.3. The lowest BCUT2D eigenvalue weighted by Gasteiger charge is -2.34. The molecular weight excluding hydrogens is 370 g/mol. The molecule has 1 saturated carbocycles. The number of nitrogens with zero attached hydrogens (tertiary/aromatic N) is 3. The van der Waals surface area contributed by atoms with Gasteiger partial charge >= 0.3 is 0 Å². The molecule has 1 aromatic heterocycles. The van der Waals surface area contributed by atoms with Crippen molar-refractivity contribution in [3.8, 4) is 0 Å². The van der Waals surface area contributed by atoms with Gasteiger partial charge in [-0.3, -0.25) is 19.8 Å². The number of nitro benzene ring substituents is 1. The van der Waals surface area contributed by atoms with Crippen LogP contribution in [0.5, 0.6) is 0 Å². The highest BCUT2D eigenvalue weighted by molar-refractivity contribution is 5.76. The van der Waals surface area contributed by atoms with Crippen LogP contribution in [0, 0.1) is 16.0 Å². The summed E-state index contributed by atoms with van der Waals surface area (Å²) in [6, 6.07) is 10.8. The molecule has 7 heteroatoms. The summed E-state index contributed by atoms with van der Waals surface area (Å²) < 4.78 is 5.90. The van der Waals surface area contributed by atoms with Crippen LogP contribution in [0.25, 0.3) is 0 Å². The number of hydrogen-bond acceptors (Lipinski definition) is 5. The van der Waals surface area contributed by atoms with E-state index in [9.17, 15) is 14.9 Å². The highest BCUT2D eigenvalue weighted by Gasteiger charge is 2.36. The van der Waals surface area contributed by atoms with Crippen LogP contribution in [0.1, 0.15) is 42.8 Å². The number of hydrogen-bond donors (Lipinski definition) is 0. The maximum Gasteiger partial charge on any atom is 0.269 e. The van der Waals surface area contributed by atoms with Gasteiger partial charge in [-0.2, -0.15) is 0 Å². The van der Waals surface area contributed by atoms with Gasteiger partial charge in [-0.25, -0.2) is 0 Å². The van der Waals surface area contributed by atoms with Gasteiger partial charge in [-0.05, 0) is 30.0 Å². The fraction of sp³-hybridized carbons (Fsp3) is 0.500. The summed E-state index contributed by atoms with van der Waals surface area (Å²) in [5.74, 6) is 3.41. The minimum Gasteiger partial charge on any atom is -0.466 e. The molecule has 154 valence electrons. The van der Waals surface area contributed by atoms with Crippen LogP contribution in [0.3, 0.4) is 0 Å². The van der Waals surface area contributed by atoms with E-state index in [4.69, 9.17) is 4.42 Å². The van der Waals surface area contributed by atoms with Gasteiger partial charge in [0.1, 0.15) is 11.5 Å². The summed E-state index contributed by atoms with van der Waals surface area (Å²) in [5.41, 5.74) is 1.05. The molecule has 29 heavy (non-hydrogen) atoms. The highest BCUT2D eigenvalue weighted by Crippen LogP contribution is 2.47. The Morgan fingerprint density at radius 1 is 1.21 bits per heavy atom. The number of aryl methyl sites for hydroxylation is 1. The summed E-state index contributed by atoms with van der Waals surface area (Å²) >= 11 is 0. The number of rotatable bonds is 7. The molecule has 1 amide bonds. The Labute approximate surface area is 170 Å². The number of piperazine rings is 1. The van der Waals surface area contributed by atoms with Crippen molar-refractivity contribution in [2.75, 3.05) is 26.2 Å². The molecule has 2 fully saturated rings. The van der Waals surface area contributed by atoms with Crippen LogP contribution in [-0.2, 0) is 17.8 Å². The molecule has 1 aromatic carbocycles. The van der Waals surface area contributed by atoms with E-state index in [-0.39, 0.29) is 16.5 Å². The molecule has 0 bridgehead atoms. The Kier molecular flexibility index (Phi) is 5.67. The lowest BCUT2D eigenvalue weighted by molar-refractivity contribution is -0.384. The van der Waals surface area contributed by atoms with Crippen LogP contribution in [-0.4, -0.2) is 46.8 Å². The van der Waals surface area contributed by atoms with Gasteiger partial charge in [0.25, 0.3) is 5.69 Å². The zero-order valence-electron chi connectivity index (χ0n) is 16.8. The fourth-order valence-corrected chi connectivity index (χ4v) is 4.02. The minimum absolute atomic E-state index is 0.119. The van der Waals surface area contributed by atoms with E-state index in [2.05, 4.69) is 17.9 Å². The third-order valence-corrected chi connectivity index (χ3v) is 6.00. The largest absolute Gasteiger partial charge is 0.466 e. The van der Waals surface area contributed by atoms with Crippen LogP contribution < -0.4 is 0 Å². The summed E-state index contributed by atoms with van der Waals surface area (Å²) in [7, 11) is 0. The van der Waals surface area contributed by atoms with Crippen LogP contribution in [0.4, 0.5) is 5.69 Å². The Bertz CT molecular complexity index is 886. The average molecular weight is 397 g/mol. The van der Waals surface area contributed by atoms with Crippen LogP contribution in [0.2, 0.25) is 0 Å². The molecule has 7 nitrogen and oxygen atoms in total. The van der Waals surface area contributed by atoms with Gasteiger partial charge in [0.05, 0.1) is 4.92 Å². The number of benzene rings is 1. The second-order valence-electron chi connectivity index (χ2n) is 8.21. The van der Waals surface area contributed by atoms with E-state index in [1.54, 1.807) is 12.1 Å². The first kappa shape index (κ1) is 19.6. The van der Waals surface area contributed by atoms with Crippen molar-refractivity contribution in [2.24, 2.45) is 5.92 Å². The molecule has 0 radical (unpaired) electrons. The maximum atomic E-state index is 12.6. The smallest absolute Gasteiger partial charge is 0.269 e. The molecular formula is C22H27N3O4.